The predicted molar refractivity (Wildman–Crippen MR) is 108 cm³/mol. The molecular weight excluding hydrogens is 338 g/mol. The van der Waals surface area contributed by atoms with Gasteiger partial charge in [0, 0.05) is 17.0 Å². The lowest BCUT2D eigenvalue weighted by atomic mass is 9.94. The Balaban J connectivity index is 1.77. The smallest absolute Gasteiger partial charge is 0.142 e. The van der Waals surface area contributed by atoms with Crippen LogP contribution in [0.25, 0.3) is 22.5 Å². The Labute approximate surface area is 160 Å². The van der Waals surface area contributed by atoms with Crippen molar-refractivity contribution >= 4 is 0 Å². The van der Waals surface area contributed by atoms with Crippen LogP contribution >= 0.6 is 0 Å². The molecule has 2 aromatic carbocycles. The number of nitrogens with one attached hydrogen (secondary N) is 1. The van der Waals surface area contributed by atoms with Crippen molar-refractivity contribution in [2.45, 2.75) is 18.8 Å². The van der Waals surface area contributed by atoms with Crippen molar-refractivity contribution in [2.75, 3.05) is 27.3 Å². The minimum Gasteiger partial charge on any atom is -0.497 e. The van der Waals surface area contributed by atoms with Crippen LogP contribution in [0.2, 0.25) is 0 Å². The second-order valence-corrected chi connectivity index (χ2v) is 6.87. The molecule has 0 aliphatic carbocycles. The Morgan fingerprint density at radius 3 is 1.93 bits per heavy atom. The SMILES string of the molecule is COc1ccc(-c2cc(C3CCNCC3)oc2-c2ccc(OC)cc2)cc1. The number of methoxy groups -OCH3 is 2. The van der Waals surface area contributed by atoms with Crippen molar-refractivity contribution < 1.29 is 13.9 Å². The van der Waals surface area contributed by atoms with Crippen LogP contribution in [0.3, 0.4) is 0 Å². The third kappa shape index (κ3) is 3.71. The molecule has 0 atom stereocenters. The van der Waals surface area contributed by atoms with Gasteiger partial charge in [-0.25, -0.2) is 0 Å². The topological polar surface area (TPSA) is 43.6 Å². The summed E-state index contributed by atoms with van der Waals surface area (Å²) in [5.41, 5.74) is 3.31. The average Bonchev–Trinajstić information content (AvgIpc) is 3.20. The maximum absolute atomic E-state index is 6.42. The summed E-state index contributed by atoms with van der Waals surface area (Å²) in [4.78, 5) is 0. The fourth-order valence-corrected chi connectivity index (χ4v) is 3.66. The van der Waals surface area contributed by atoms with E-state index in [0.29, 0.717) is 5.92 Å². The molecule has 0 unspecified atom stereocenters. The van der Waals surface area contributed by atoms with Crippen molar-refractivity contribution in [1.29, 1.82) is 0 Å². The highest BCUT2D eigenvalue weighted by Crippen LogP contribution is 2.40. The van der Waals surface area contributed by atoms with E-state index >= 15 is 0 Å². The Morgan fingerprint density at radius 2 is 1.37 bits per heavy atom. The van der Waals surface area contributed by atoms with Crippen molar-refractivity contribution in [3.8, 4) is 33.9 Å². The number of rotatable bonds is 5. The van der Waals surface area contributed by atoms with E-state index in [1.165, 1.54) is 0 Å². The highest BCUT2D eigenvalue weighted by Gasteiger charge is 2.22. The maximum Gasteiger partial charge on any atom is 0.142 e. The van der Waals surface area contributed by atoms with Gasteiger partial charge in [0.05, 0.1) is 14.2 Å². The number of benzene rings is 2. The zero-order chi connectivity index (χ0) is 18.6. The third-order valence-electron chi connectivity index (χ3n) is 5.25. The molecule has 4 heteroatoms. The summed E-state index contributed by atoms with van der Waals surface area (Å²) < 4.78 is 17.0. The van der Waals surface area contributed by atoms with Gasteiger partial charge in [0.2, 0.25) is 0 Å². The molecule has 0 radical (unpaired) electrons. The summed E-state index contributed by atoms with van der Waals surface area (Å²) in [6, 6.07) is 18.4. The zero-order valence-corrected chi connectivity index (χ0v) is 15.8. The summed E-state index contributed by atoms with van der Waals surface area (Å²) in [7, 11) is 3.37. The van der Waals surface area contributed by atoms with Gasteiger partial charge in [-0.05, 0) is 74.0 Å². The zero-order valence-electron chi connectivity index (χ0n) is 15.8. The lowest BCUT2D eigenvalue weighted by Gasteiger charge is -2.20. The van der Waals surface area contributed by atoms with E-state index in [4.69, 9.17) is 13.9 Å². The number of hydrogen-bond acceptors (Lipinski definition) is 4. The molecule has 3 aromatic rings. The summed E-state index contributed by atoms with van der Waals surface area (Å²) in [5, 5.41) is 3.43. The Morgan fingerprint density at radius 1 is 0.815 bits per heavy atom. The molecule has 1 saturated heterocycles. The second-order valence-electron chi connectivity index (χ2n) is 6.87. The summed E-state index contributed by atoms with van der Waals surface area (Å²) in [6.07, 6.45) is 2.22. The van der Waals surface area contributed by atoms with E-state index in [9.17, 15) is 0 Å². The van der Waals surface area contributed by atoms with Gasteiger partial charge in [-0.15, -0.1) is 0 Å². The van der Waals surface area contributed by atoms with E-state index in [1.54, 1.807) is 14.2 Å². The predicted octanol–water partition coefficient (Wildman–Crippen LogP) is 5.10. The first kappa shape index (κ1) is 17.7. The number of furan rings is 1. The Hall–Kier alpha value is -2.72. The second kappa shape index (κ2) is 7.89. The van der Waals surface area contributed by atoms with Gasteiger partial charge in [0.25, 0.3) is 0 Å². The first-order valence-corrected chi connectivity index (χ1v) is 9.42. The van der Waals surface area contributed by atoms with Crippen LogP contribution in [0.1, 0.15) is 24.5 Å². The fourth-order valence-electron chi connectivity index (χ4n) is 3.66. The lowest BCUT2D eigenvalue weighted by Crippen LogP contribution is -2.26. The number of piperidine rings is 1. The van der Waals surface area contributed by atoms with Gasteiger partial charge in [0.15, 0.2) is 0 Å². The van der Waals surface area contributed by atoms with Crippen LogP contribution in [0.4, 0.5) is 0 Å². The minimum absolute atomic E-state index is 0.468. The molecule has 0 amide bonds. The molecule has 0 bridgehead atoms. The molecule has 27 heavy (non-hydrogen) atoms. The third-order valence-corrected chi connectivity index (χ3v) is 5.25. The van der Waals surface area contributed by atoms with Crippen LogP contribution in [-0.2, 0) is 0 Å². The van der Waals surface area contributed by atoms with Crippen LogP contribution in [0.15, 0.2) is 59.0 Å². The molecular formula is C23H25NO3. The molecule has 4 rings (SSSR count). The first-order chi connectivity index (χ1) is 13.3. The van der Waals surface area contributed by atoms with Crippen LogP contribution in [-0.4, -0.2) is 27.3 Å². The normalized spacial score (nSPS) is 14.9. The molecule has 0 spiro atoms. The van der Waals surface area contributed by atoms with E-state index in [0.717, 1.165) is 65.6 Å². The van der Waals surface area contributed by atoms with Crippen molar-refractivity contribution in [1.82, 2.24) is 5.32 Å². The summed E-state index contributed by atoms with van der Waals surface area (Å²) in [5.74, 6) is 4.15. The molecule has 0 saturated carbocycles. The van der Waals surface area contributed by atoms with E-state index < -0.39 is 0 Å². The molecule has 1 aliphatic heterocycles. The van der Waals surface area contributed by atoms with Crippen LogP contribution in [0.5, 0.6) is 11.5 Å². The molecule has 1 aliphatic rings. The maximum atomic E-state index is 6.42. The standard InChI is InChI=1S/C23H25NO3/c1-25-19-7-3-16(4-8-19)21-15-22(17-11-13-24-14-12-17)27-23(21)18-5-9-20(26-2)10-6-18/h3-10,15,17,24H,11-14H2,1-2H3. The van der Waals surface area contributed by atoms with E-state index in [1.807, 2.05) is 24.3 Å². The van der Waals surface area contributed by atoms with Gasteiger partial charge in [0.1, 0.15) is 23.0 Å². The summed E-state index contributed by atoms with van der Waals surface area (Å²) >= 11 is 0. The number of hydrogen-bond donors (Lipinski definition) is 1. The fraction of sp³-hybridized carbons (Fsp3) is 0.304. The molecule has 2 heterocycles. The molecule has 1 N–H and O–H groups in total. The highest BCUT2D eigenvalue weighted by atomic mass is 16.5. The van der Waals surface area contributed by atoms with Crippen LogP contribution in [0, 0.1) is 0 Å². The number of ether oxygens (including phenoxy) is 2. The monoisotopic (exact) mass is 363 g/mol. The molecule has 1 fully saturated rings. The quantitative estimate of drug-likeness (QED) is 0.685. The van der Waals surface area contributed by atoms with Crippen LogP contribution < -0.4 is 14.8 Å². The lowest BCUT2D eigenvalue weighted by molar-refractivity contribution is 0.390. The van der Waals surface area contributed by atoms with E-state index in [2.05, 4.69) is 35.6 Å². The van der Waals surface area contributed by atoms with Gasteiger partial charge in [-0.2, -0.15) is 0 Å². The van der Waals surface area contributed by atoms with E-state index in [-0.39, 0.29) is 0 Å². The molecule has 1 aromatic heterocycles. The minimum atomic E-state index is 0.468. The highest BCUT2D eigenvalue weighted by molar-refractivity contribution is 5.80. The van der Waals surface area contributed by atoms with Gasteiger partial charge < -0.3 is 19.2 Å². The first-order valence-electron chi connectivity index (χ1n) is 9.42. The Kier molecular flexibility index (Phi) is 5.16. The molecule has 140 valence electrons. The van der Waals surface area contributed by atoms with Crippen molar-refractivity contribution in [3.63, 3.8) is 0 Å². The largest absolute Gasteiger partial charge is 0.497 e. The van der Waals surface area contributed by atoms with Gasteiger partial charge in [-0.1, -0.05) is 12.1 Å². The van der Waals surface area contributed by atoms with Crippen molar-refractivity contribution in [3.05, 3.63) is 60.4 Å². The summed E-state index contributed by atoms with van der Waals surface area (Å²) in [6.45, 7) is 2.09. The Bertz CT molecular complexity index is 810. The van der Waals surface area contributed by atoms with Gasteiger partial charge >= 0.3 is 0 Å². The van der Waals surface area contributed by atoms with Gasteiger partial charge in [-0.3, -0.25) is 0 Å². The average molecular weight is 363 g/mol. The molecule has 4 nitrogen and oxygen atoms in total. The van der Waals surface area contributed by atoms with Crippen molar-refractivity contribution in [2.24, 2.45) is 0 Å².